The van der Waals surface area contributed by atoms with Gasteiger partial charge in [-0.25, -0.2) is 0 Å². The first-order valence-corrected chi connectivity index (χ1v) is 10.9. The molecule has 170 valence electrons. The number of anilines is 1. The van der Waals surface area contributed by atoms with E-state index < -0.39 is 6.04 Å². The molecule has 3 aromatic carbocycles. The van der Waals surface area contributed by atoms with Gasteiger partial charge in [-0.2, -0.15) is 0 Å². The Morgan fingerprint density at radius 3 is 2.48 bits per heavy atom. The number of hydrogen-bond acceptors (Lipinski definition) is 4. The van der Waals surface area contributed by atoms with Crippen molar-refractivity contribution in [2.75, 3.05) is 19.5 Å². The molecular weight excluding hydrogens is 416 g/mol. The van der Waals surface area contributed by atoms with E-state index in [-0.39, 0.29) is 18.2 Å². The van der Waals surface area contributed by atoms with Crippen LogP contribution in [0.25, 0.3) is 0 Å². The second-order valence-corrected chi connectivity index (χ2v) is 8.29. The molecule has 1 aliphatic heterocycles. The van der Waals surface area contributed by atoms with E-state index >= 15 is 0 Å². The second-order valence-electron chi connectivity index (χ2n) is 8.29. The van der Waals surface area contributed by atoms with E-state index in [0.29, 0.717) is 23.6 Å². The van der Waals surface area contributed by atoms with Gasteiger partial charge in [0.2, 0.25) is 5.91 Å². The third-order valence-electron chi connectivity index (χ3n) is 6.06. The molecule has 0 radical (unpaired) electrons. The minimum Gasteiger partial charge on any atom is -0.493 e. The highest BCUT2D eigenvalue weighted by atomic mass is 16.5. The van der Waals surface area contributed by atoms with E-state index in [2.05, 4.69) is 5.32 Å². The normalized spacial score (nSPS) is 13.5. The highest BCUT2D eigenvalue weighted by Gasteiger charge is 2.35. The zero-order chi connectivity index (χ0) is 23.5. The van der Waals surface area contributed by atoms with E-state index in [1.165, 1.54) is 0 Å². The molecule has 1 unspecified atom stereocenters. The fourth-order valence-corrected chi connectivity index (χ4v) is 4.24. The van der Waals surface area contributed by atoms with E-state index in [1.807, 2.05) is 68.4 Å². The number of amides is 2. The Hall–Kier alpha value is -3.80. The minimum atomic E-state index is -0.463. The Kier molecular flexibility index (Phi) is 6.36. The van der Waals surface area contributed by atoms with Crippen molar-refractivity contribution in [3.63, 3.8) is 0 Å². The lowest BCUT2D eigenvalue weighted by molar-refractivity contribution is -0.117. The van der Waals surface area contributed by atoms with Crippen molar-refractivity contribution in [3.8, 4) is 11.5 Å². The molecule has 0 aromatic heterocycles. The third kappa shape index (κ3) is 4.55. The molecule has 1 atom stereocenters. The van der Waals surface area contributed by atoms with Gasteiger partial charge in [-0.3, -0.25) is 9.59 Å². The van der Waals surface area contributed by atoms with Crippen molar-refractivity contribution in [1.82, 2.24) is 4.90 Å². The van der Waals surface area contributed by atoms with Gasteiger partial charge in [0, 0.05) is 17.8 Å². The van der Waals surface area contributed by atoms with Crippen molar-refractivity contribution in [2.24, 2.45) is 0 Å². The van der Waals surface area contributed by atoms with Crippen LogP contribution in [0.15, 0.2) is 60.7 Å². The highest BCUT2D eigenvalue weighted by molar-refractivity contribution is 5.99. The van der Waals surface area contributed by atoms with E-state index in [0.717, 1.165) is 27.9 Å². The third-order valence-corrected chi connectivity index (χ3v) is 6.06. The lowest BCUT2D eigenvalue weighted by atomic mass is 10.0. The number of carbonyl (C=O) groups is 2. The van der Waals surface area contributed by atoms with Crippen molar-refractivity contribution >= 4 is 17.5 Å². The van der Waals surface area contributed by atoms with Crippen LogP contribution in [0.3, 0.4) is 0 Å². The molecule has 6 heteroatoms. The number of fused-ring (bicyclic) bond motifs is 1. The molecule has 0 bridgehead atoms. The van der Waals surface area contributed by atoms with Crippen molar-refractivity contribution < 1.29 is 19.1 Å². The van der Waals surface area contributed by atoms with Crippen LogP contribution in [-0.4, -0.2) is 30.9 Å². The predicted octanol–water partition coefficient (Wildman–Crippen LogP) is 5.05. The Balaban J connectivity index is 1.67. The fourth-order valence-electron chi connectivity index (χ4n) is 4.24. The van der Waals surface area contributed by atoms with Gasteiger partial charge in [0.25, 0.3) is 5.91 Å². The lowest BCUT2D eigenvalue weighted by Crippen LogP contribution is -2.32. The van der Waals surface area contributed by atoms with Crippen molar-refractivity contribution in [3.05, 3.63) is 88.5 Å². The number of carbonyl (C=O) groups excluding carboxylic acids is 2. The first-order valence-electron chi connectivity index (χ1n) is 10.9. The number of benzene rings is 3. The largest absolute Gasteiger partial charge is 0.493 e. The highest BCUT2D eigenvalue weighted by Crippen LogP contribution is 2.37. The average Bonchev–Trinajstić information content (AvgIpc) is 3.15. The van der Waals surface area contributed by atoms with Gasteiger partial charge in [0.15, 0.2) is 11.5 Å². The molecule has 2 amide bonds. The summed E-state index contributed by atoms with van der Waals surface area (Å²) in [6, 6.07) is 18.6. The molecule has 0 saturated heterocycles. The molecule has 0 fully saturated rings. The van der Waals surface area contributed by atoms with Gasteiger partial charge in [-0.1, -0.05) is 36.4 Å². The predicted molar refractivity (Wildman–Crippen MR) is 128 cm³/mol. The first kappa shape index (κ1) is 22.4. The fraction of sp³-hybridized carbons (Fsp3) is 0.259. The molecule has 0 spiro atoms. The molecular formula is C27H28N2O4. The number of rotatable bonds is 7. The second kappa shape index (κ2) is 9.36. The van der Waals surface area contributed by atoms with E-state index in [1.54, 1.807) is 25.2 Å². The number of nitrogens with one attached hydrogen (secondary N) is 1. The lowest BCUT2D eigenvalue weighted by Gasteiger charge is -2.28. The molecule has 1 N–H and O–H groups in total. The summed E-state index contributed by atoms with van der Waals surface area (Å²) in [4.78, 5) is 28.2. The maximum absolute atomic E-state index is 13.3. The van der Waals surface area contributed by atoms with Crippen LogP contribution in [0.4, 0.5) is 5.69 Å². The van der Waals surface area contributed by atoms with Gasteiger partial charge >= 0.3 is 0 Å². The summed E-state index contributed by atoms with van der Waals surface area (Å²) < 4.78 is 10.8. The van der Waals surface area contributed by atoms with Crippen molar-refractivity contribution in [2.45, 2.75) is 32.9 Å². The van der Waals surface area contributed by atoms with Gasteiger partial charge in [-0.05, 0) is 60.4 Å². The van der Waals surface area contributed by atoms with Gasteiger partial charge in [0.1, 0.15) is 0 Å². The summed E-state index contributed by atoms with van der Waals surface area (Å²) in [5, 5.41) is 3.03. The molecule has 1 aliphatic rings. The Morgan fingerprint density at radius 2 is 1.76 bits per heavy atom. The summed E-state index contributed by atoms with van der Waals surface area (Å²) in [5.41, 5.74) is 5.28. The van der Waals surface area contributed by atoms with Gasteiger partial charge in [-0.15, -0.1) is 0 Å². The number of ether oxygens (including phenoxy) is 2. The minimum absolute atomic E-state index is 0.0788. The maximum atomic E-state index is 13.3. The number of methoxy groups -OCH3 is 2. The summed E-state index contributed by atoms with van der Waals surface area (Å²) in [6.07, 6.45) is 0.114. The van der Waals surface area contributed by atoms with Crippen LogP contribution in [-0.2, 0) is 11.3 Å². The molecule has 0 aliphatic carbocycles. The SMILES string of the molecule is COc1ccc(C(CC(=O)Nc2cc(C)ccc2C)N2Cc3ccccc3C2=O)cc1OC. The number of hydrogen-bond donors (Lipinski definition) is 1. The molecule has 33 heavy (non-hydrogen) atoms. The Labute approximate surface area is 194 Å². The average molecular weight is 445 g/mol. The Bertz CT molecular complexity index is 1200. The summed E-state index contributed by atoms with van der Waals surface area (Å²) in [5.74, 6) is 0.909. The molecule has 4 rings (SSSR count). The van der Waals surface area contributed by atoms with Crippen LogP contribution in [0.1, 0.15) is 45.1 Å². The van der Waals surface area contributed by atoms with Crippen molar-refractivity contribution in [1.29, 1.82) is 0 Å². The van der Waals surface area contributed by atoms with E-state index in [9.17, 15) is 9.59 Å². The number of aryl methyl sites for hydroxylation is 2. The summed E-state index contributed by atoms with van der Waals surface area (Å²) in [7, 11) is 3.15. The topological polar surface area (TPSA) is 67.9 Å². The zero-order valence-electron chi connectivity index (χ0n) is 19.3. The van der Waals surface area contributed by atoms with Crippen LogP contribution >= 0.6 is 0 Å². The van der Waals surface area contributed by atoms with Crippen LogP contribution in [0.5, 0.6) is 11.5 Å². The maximum Gasteiger partial charge on any atom is 0.255 e. The number of nitrogens with zero attached hydrogens (tertiary/aromatic N) is 1. The van der Waals surface area contributed by atoms with Crippen LogP contribution < -0.4 is 14.8 Å². The summed E-state index contributed by atoms with van der Waals surface area (Å²) in [6.45, 7) is 4.40. The smallest absolute Gasteiger partial charge is 0.255 e. The standard InChI is InChI=1S/C27H28N2O4/c1-17-9-10-18(2)22(13-17)28-26(30)15-23(19-11-12-24(32-3)25(14-19)33-4)29-16-20-7-5-6-8-21(20)27(29)31/h5-14,23H,15-16H2,1-4H3,(H,28,30). The van der Waals surface area contributed by atoms with Gasteiger partial charge in [0.05, 0.1) is 26.7 Å². The van der Waals surface area contributed by atoms with E-state index in [4.69, 9.17) is 9.47 Å². The van der Waals surface area contributed by atoms with Gasteiger partial charge < -0.3 is 19.7 Å². The zero-order valence-corrected chi connectivity index (χ0v) is 19.3. The monoisotopic (exact) mass is 444 g/mol. The molecule has 3 aromatic rings. The quantitative estimate of drug-likeness (QED) is 0.554. The Morgan fingerprint density at radius 1 is 1.00 bits per heavy atom. The molecule has 0 saturated carbocycles. The molecule has 1 heterocycles. The van der Waals surface area contributed by atoms with Crippen LogP contribution in [0, 0.1) is 13.8 Å². The molecule has 6 nitrogen and oxygen atoms in total. The van der Waals surface area contributed by atoms with Crippen LogP contribution in [0.2, 0.25) is 0 Å². The first-order chi connectivity index (χ1) is 15.9. The summed E-state index contributed by atoms with van der Waals surface area (Å²) >= 11 is 0.